The Morgan fingerprint density at radius 3 is 2.69 bits per heavy atom. The summed E-state index contributed by atoms with van der Waals surface area (Å²) in [7, 11) is 0. The van der Waals surface area contributed by atoms with Crippen LogP contribution in [0.3, 0.4) is 0 Å². The first-order valence-corrected chi connectivity index (χ1v) is 12.8. The number of thiophene rings is 1. The SMILES string of the molecule is O=C(CSc1nnc(C2CC2)[nH]1)Nc1sc2c(c1C(=O)Nc1ccc(Cl)cc1)CCCC2. The number of halogens is 1. The largest absolute Gasteiger partial charge is 0.322 e. The Balaban J connectivity index is 1.29. The maximum Gasteiger partial charge on any atom is 0.258 e. The lowest BCUT2D eigenvalue weighted by atomic mass is 9.95. The van der Waals surface area contributed by atoms with Crippen molar-refractivity contribution in [2.75, 3.05) is 16.4 Å². The summed E-state index contributed by atoms with van der Waals surface area (Å²) in [5.74, 6) is 1.21. The van der Waals surface area contributed by atoms with Crippen LogP contribution in [0.1, 0.15) is 58.2 Å². The van der Waals surface area contributed by atoms with Gasteiger partial charge in [0.05, 0.1) is 11.3 Å². The molecule has 7 nitrogen and oxygen atoms in total. The summed E-state index contributed by atoms with van der Waals surface area (Å²) in [6.45, 7) is 0. The lowest BCUT2D eigenvalue weighted by Gasteiger charge is -2.13. The number of aryl methyl sites for hydroxylation is 1. The molecule has 0 spiro atoms. The zero-order chi connectivity index (χ0) is 22.1. The van der Waals surface area contributed by atoms with E-state index in [9.17, 15) is 9.59 Å². The van der Waals surface area contributed by atoms with Gasteiger partial charge in [-0.2, -0.15) is 0 Å². The molecule has 2 amide bonds. The molecule has 1 saturated carbocycles. The molecule has 0 radical (unpaired) electrons. The van der Waals surface area contributed by atoms with Gasteiger partial charge in [-0.25, -0.2) is 0 Å². The highest BCUT2D eigenvalue weighted by Crippen LogP contribution is 2.39. The molecule has 5 rings (SSSR count). The lowest BCUT2D eigenvalue weighted by molar-refractivity contribution is -0.113. The number of benzene rings is 1. The number of aromatic nitrogens is 3. The summed E-state index contributed by atoms with van der Waals surface area (Å²) in [5, 5.41) is 16.0. The molecule has 2 heterocycles. The van der Waals surface area contributed by atoms with E-state index >= 15 is 0 Å². The third-order valence-electron chi connectivity index (χ3n) is 5.54. The molecule has 3 aromatic rings. The number of aromatic amines is 1. The lowest BCUT2D eigenvalue weighted by Crippen LogP contribution is -2.19. The number of amides is 2. The Hall–Kier alpha value is -2.36. The molecule has 0 aliphatic heterocycles. The number of thioether (sulfide) groups is 1. The average molecular weight is 488 g/mol. The van der Waals surface area contributed by atoms with E-state index in [1.165, 1.54) is 28.0 Å². The Bertz CT molecular complexity index is 1150. The Kier molecular flexibility index (Phi) is 6.21. The van der Waals surface area contributed by atoms with Crippen molar-refractivity contribution in [1.82, 2.24) is 15.2 Å². The minimum atomic E-state index is -0.209. The summed E-state index contributed by atoms with van der Waals surface area (Å²) < 4.78 is 0. The number of hydrogen-bond acceptors (Lipinski definition) is 6. The first-order valence-electron chi connectivity index (χ1n) is 10.6. The predicted molar refractivity (Wildman–Crippen MR) is 128 cm³/mol. The Labute approximate surface area is 198 Å². The molecule has 166 valence electrons. The van der Waals surface area contributed by atoms with E-state index in [1.54, 1.807) is 24.3 Å². The zero-order valence-electron chi connectivity index (χ0n) is 17.2. The van der Waals surface area contributed by atoms with E-state index in [0.29, 0.717) is 32.3 Å². The number of nitrogens with one attached hydrogen (secondary N) is 3. The van der Waals surface area contributed by atoms with E-state index in [4.69, 9.17) is 11.6 Å². The van der Waals surface area contributed by atoms with Crippen molar-refractivity contribution in [1.29, 1.82) is 0 Å². The minimum absolute atomic E-state index is 0.168. The standard InChI is InChI=1S/C22H22ClN5O2S2/c23-13-7-9-14(10-8-13)24-20(30)18-15-3-1-2-4-16(15)32-21(18)25-17(29)11-31-22-26-19(27-28-22)12-5-6-12/h7-10,12H,1-6,11H2,(H,24,30)(H,25,29)(H,26,27,28). The van der Waals surface area contributed by atoms with Crippen LogP contribution >= 0.6 is 34.7 Å². The van der Waals surface area contributed by atoms with Crippen LogP contribution in [0.2, 0.25) is 5.02 Å². The maximum atomic E-state index is 13.2. The molecule has 10 heteroatoms. The van der Waals surface area contributed by atoms with Crippen LogP contribution in [0.25, 0.3) is 0 Å². The summed E-state index contributed by atoms with van der Waals surface area (Å²) in [6.07, 6.45) is 6.22. The van der Waals surface area contributed by atoms with Crippen LogP contribution in [-0.2, 0) is 17.6 Å². The summed E-state index contributed by atoms with van der Waals surface area (Å²) >= 11 is 8.78. The van der Waals surface area contributed by atoms with Crippen LogP contribution in [0.15, 0.2) is 29.4 Å². The number of carbonyl (C=O) groups excluding carboxylic acids is 2. The van der Waals surface area contributed by atoms with Crippen LogP contribution in [-0.4, -0.2) is 32.7 Å². The first kappa shape index (κ1) is 21.5. The van der Waals surface area contributed by atoms with Gasteiger partial charge in [0.25, 0.3) is 5.91 Å². The summed E-state index contributed by atoms with van der Waals surface area (Å²) in [5.41, 5.74) is 2.30. The predicted octanol–water partition coefficient (Wildman–Crippen LogP) is 5.26. The third kappa shape index (κ3) is 4.84. The maximum absolute atomic E-state index is 13.2. The van der Waals surface area contributed by atoms with Crippen LogP contribution in [0.4, 0.5) is 10.7 Å². The van der Waals surface area contributed by atoms with Crippen molar-refractivity contribution in [2.45, 2.75) is 49.6 Å². The van der Waals surface area contributed by atoms with Gasteiger partial charge < -0.3 is 15.6 Å². The van der Waals surface area contributed by atoms with Gasteiger partial charge in [-0.05, 0) is 68.4 Å². The van der Waals surface area contributed by atoms with Crippen molar-refractivity contribution < 1.29 is 9.59 Å². The fourth-order valence-corrected chi connectivity index (χ4v) is 5.83. The number of fused-ring (bicyclic) bond motifs is 1. The van der Waals surface area contributed by atoms with E-state index in [2.05, 4.69) is 25.8 Å². The van der Waals surface area contributed by atoms with Crippen molar-refractivity contribution in [2.24, 2.45) is 0 Å². The quantitative estimate of drug-likeness (QED) is 0.395. The second-order valence-electron chi connectivity index (χ2n) is 8.00. The van der Waals surface area contributed by atoms with Crippen LogP contribution in [0, 0.1) is 0 Å². The average Bonchev–Trinajstić information content (AvgIpc) is 3.41. The Morgan fingerprint density at radius 2 is 1.91 bits per heavy atom. The molecule has 32 heavy (non-hydrogen) atoms. The first-order chi connectivity index (χ1) is 15.6. The monoisotopic (exact) mass is 487 g/mol. The van der Waals surface area contributed by atoms with Crippen molar-refractivity contribution >= 4 is 57.2 Å². The van der Waals surface area contributed by atoms with Gasteiger partial charge in [-0.3, -0.25) is 9.59 Å². The number of rotatable bonds is 7. The normalized spacial score (nSPS) is 15.3. The second kappa shape index (κ2) is 9.25. The van der Waals surface area contributed by atoms with Gasteiger partial charge in [0.1, 0.15) is 10.8 Å². The molecular weight excluding hydrogens is 466 g/mol. The number of anilines is 2. The molecule has 3 N–H and O–H groups in total. The highest BCUT2D eigenvalue weighted by Gasteiger charge is 2.28. The molecule has 2 aromatic heterocycles. The van der Waals surface area contributed by atoms with Gasteiger partial charge in [-0.1, -0.05) is 23.4 Å². The molecular formula is C22H22ClN5O2S2. The fraction of sp³-hybridized carbons (Fsp3) is 0.364. The van der Waals surface area contributed by atoms with E-state index in [-0.39, 0.29) is 17.6 Å². The van der Waals surface area contributed by atoms with Gasteiger partial charge >= 0.3 is 0 Å². The van der Waals surface area contributed by atoms with Crippen LogP contribution < -0.4 is 10.6 Å². The molecule has 0 saturated heterocycles. The number of nitrogens with zero attached hydrogens (tertiary/aromatic N) is 2. The van der Waals surface area contributed by atoms with E-state index < -0.39 is 0 Å². The molecule has 0 atom stereocenters. The highest BCUT2D eigenvalue weighted by molar-refractivity contribution is 7.99. The number of carbonyl (C=O) groups is 2. The number of hydrogen-bond donors (Lipinski definition) is 3. The molecule has 1 aromatic carbocycles. The van der Waals surface area contributed by atoms with Gasteiger partial charge in [-0.15, -0.1) is 21.5 Å². The molecule has 2 aliphatic carbocycles. The third-order valence-corrected chi connectivity index (χ3v) is 7.86. The topological polar surface area (TPSA) is 99.8 Å². The Morgan fingerprint density at radius 1 is 1.12 bits per heavy atom. The molecule has 0 unspecified atom stereocenters. The molecule has 1 fully saturated rings. The summed E-state index contributed by atoms with van der Waals surface area (Å²) in [4.78, 5) is 30.2. The second-order valence-corrected chi connectivity index (χ2v) is 10.5. The smallest absolute Gasteiger partial charge is 0.258 e. The van der Waals surface area contributed by atoms with Gasteiger partial charge in [0.15, 0.2) is 5.16 Å². The van der Waals surface area contributed by atoms with E-state index in [0.717, 1.165) is 49.9 Å². The van der Waals surface area contributed by atoms with Crippen molar-refractivity contribution in [3.05, 3.63) is 51.1 Å². The zero-order valence-corrected chi connectivity index (χ0v) is 19.6. The van der Waals surface area contributed by atoms with Crippen LogP contribution in [0.5, 0.6) is 0 Å². The van der Waals surface area contributed by atoms with Gasteiger partial charge in [0.2, 0.25) is 5.91 Å². The highest BCUT2D eigenvalue weighted by atomic mass is 35.5. The van der Waals surface area contributed by atoms with Crippen molar-refractivity contribution in [3.63, 3.8) is 0 Å². The fourth-order valence-electron chi connectivity index (χ4n) is 3.78. The van der Waals surface area contributed by atoms with E-state index in [1.807, 2.05) is 0 Å². The van der Waals surface area contributed by atoms with Gasteiger partial charge in [0, 0.05) is 21.5 Å². The molecule has 0 bridgehead atoms. The molecule has 2 aliphatic rings. The number of H-pyrrole nitrogens is 1. The summed E-state index contributed by atoms with van der Waals surface area (Å²) in [6, 6.07) is 7.00. The van der Waals surface area contributed by atoms with Crippen molar-refractivity contribution in [3.8, 4) is 0 Å². The minimum Gasteiger partial charge on any atom is -0.322 e.